The number of carbonyl (C=O) groups is 1. The summed E-state index contributed by atoms with van der Waals surface area (Å²) in [5.41, 5.74) is 1.06. The van der Waals surface area contributed by atoms with Crippen LogP contribution in [0.1, 0.15) is 25.5 Å². The first-order chi connectivity index (χ1) is 8.22. The van der Waals surface area contributed by atoms with Gasteiger partial charge in [0.05, 0.1) is 12.2 Å². The van der Waals surface area contributed by atoms with Gasteiger partial charge in [0.15, 0.2) is 0 Å². The predicted molar refractivity (Wildman–Crippen MR) is 63.3 cm³/mol. The first-order valence-electron chi connectivity index (χ1n) is 6.09. The van der Waals surface area contributed by atoms with Crippen molar-refractivity contribution in [2.45, 2.75) is 39.0 Å². The molecule has 2 heterocycles. The molecule has 1 aromatic heterocycles. The second-order valence-corrected chi connectivity index (χ2v) is 4.33. The number of nitrogens with zero attached hydrogens (tertiary/aromatic N) is 3. The van der Waals surface area contributed by atoms with E-state index in [0.717, 1.165) is 25.1 Å². The Morgan fingerprint density at radius 3 is 3.18 bits per heavy atom. The van der Waals surface area contributed by atoms with E-state index in [9.17, 15) is 4.79 Å². The average Bonchev–Trinajstić information content (AvgIpc) is 2.98. The summed E-state index contributed by atoms with van der Waals surface area (Å²) in [5.74, 6) is 0.0753. The smallest absolute Gasteiger partial charge is 0.251 e. The number of likely N-dealkylation sites (N-methyl/N-ethyl adjacent to an activating group) is 1. The van der Waals surface area contributed by atoms with Crippen LogP contribution in [-0.2, 0) is 22.6 Å². The number of aromatic nitrogens is 2. The van der Waals surface area contributed by atoms with Crippen molar-refractivity contribution >= 4 is 5.91 Å². The Labute approximate surface area is 101 Å². The third kappa shape index (κ3) is 2.66. The lowest BCUT2D eigenvalue weighted by atomic mass is 10.2. The van der Waals surface area contributed by atoms with E-state index in [-0.39, 0.29) is 12.0 Å². The Kier molecular flexibility index (Phi) is 3.78. The Morgan fingerprint density at radius 1 is 1.71 bits per heavy atom. The zero-order valence-electron chi connectivity index (χ0n) is 10.4. The van der Waals surface area contributed by atoms with Gasteiger partial charge in [-0.1, -0.05) is 0 Å². The summed E-state index contributed by atoms with van der Waals surface area (Å²) in [5, 5.41) is 4.19. The Morgan fingerprint density at radius 2 is 2.53 bits per heavy atom. The van der Waals surface area contributed by atoms with Gasteiger partial charge in [-0.15, -0.1) is 0 Å². The molecular formula is C12H19N3O2. The highest BCUT2D eigenvalue weighted by Gasteiger charge is 2.26. The molecule has 1 aliphatic rings. The summed E-state index contributed by atoms with van der Waals surface area (Å²) < 4.78 is 7.30. The van der Waals surface area contributed by atoms with Crippen LogP contribution >= 0.6 is 0 Å². The van der Waals surface area contributed by atoms with Crippen molar-refractivity contribution in [2.75, 3.05) is 13.7 Å². The van der Waals surface area contributed by atoms with Gasteiger partial charge in [0.25, 0.3) is 5.91 Å². The fraction of sp³-hybridized carbons (Fsp3) is 0.667. The van der Waals surface area contributed by atoms with Crippen LogP contribution < -0.4 is 0 Å². The van der Waals surface area contributed by atoms with Crippen LogP contribution in [0.4, 0.5) is 0 Å². The van der Waals surface area contributed by atoms with E-state index in [1.807, 2.05) is 24.7 Å². The van der Waals surface area contributed by atoms with Crippen LogP contribution in [0, 0.1) is 0 Å². The SMILES string of the molecule is CCn1nccc1CN(C)C(=O)C1CCCO1. The molecule has 1 aliphatic heterocycles. The maximum absolute atomic E-state index is 12.0. The van der Waals surface area contributed by atoms with Gasteiger partial charge in [0, 0.05) is 26.4 Å². The van der Waals surface area contributed by atoms with Gasteiger partial charge < -0.3 is 9.64 Å². The molecule has 0 N–H and O–H groups in total. The number of hydrogen-bond donors (Lipinski definition) is 0. The molecular weight excluding hydrogens is 218 g/mol. The van der Waals surface area contributed by atoms with Crippen molar-refractivity contribution in [3.8, 4) is 0 Å². The number of aryl methyl sites for hydroxylation is 1. The lowest BCUT2D eigenvalue weighted by molar-refractivity contribution is -0.140. The van der Waals surface area contributed by atoms with Crippen molar-refractivity contribution < 1.29 is 9.53 Å². The number of amides is 1. The lowest BCUT2D eigenvalue weighted by Crippen LogP contribution is -2.36. The maximum Gasteiger partial charge on any atom is 0.251 e. The van der Waals surface area contributed by atoms with Crippen molar-refractivity contribution in [3.05, 3.63) is 18.0 Å². The lowest BCUT2D eigenvalue weighted by Gasteiger charge is -2.20. The average molecular weight is 237 g/mol. The normalized spacial score (nSPS) is 19.5. The molecule has 5 heteroatoms. The summed E-state index contributed by atoms with van der Waals surface area (Å²) in [7, 11) is 1.82. The minimum absolute atomic E-state index is 0.0753. The summed E-state index contributed by atoms with van der Waals surface area (Å²) in [6.45, 7) is 4.16. The summed E-state index contributed by atoms with van der Waals surface area (Å²) >= 11 is 0. The molecule has 5 nitrogen and oxygen atoms in total. The molecule has 1 unspecified atom stereocenters. The van der Waals surface area contributed by atoms with Crippen LogP contribution in [-0.4, -0.2) is 40.3 Å². The second kappa shape index (κ2) is 5.31. The van der Waals surface area contributed by atoms with E-state index >= 15 is 0 Å². The first kappa shape index (κ1) is 12.1. The van der Waals surface area contributed by atoms with Crippen molar-refractivity contribution in [2.24, 2.45) is 0 Å². The molecule has 1 saturated heterocycles. The molecule has 17 heavy (non-hydrogen) atoms. The van der Waals surface area contributed by atoms with Crippen molar-refractivity contribution in [1.29, 1.82) is 0 Å². The first-order valence-corrected chi connectivity index (χ1v) is 6.09. The third-order valence-electron chi connectivity index (χ3n) is 3.08. The van der Waals surface area contributed by atoms with Gasteiger partial charge in [-0.05, 0) is 25.8 Å². The highest BCUT2D eigenvalue weighted by molar-refractivity contribution is 5.80. The Balaban J connectivity index is 1.96. The molecule has 0 saturated carbocycles. The summed E-state index contributed by atoms with van der Waals surface area (Å²) in [4.78, 5) is 13.8. The highest BCUT2D eigenvalue weighted by atomic mass is 16.5. The molecule has 0 bridgehead atoms. The zero-order valence-corrected chi connectivity index (χ0v) is 10.4. The van der Waals surface area contributed by atoms with E-state index in [2.05, 4.69) is 5.10 Å². The molecule has 1 aromatic rings. The van der Waals surface area contributed by atoms with Gasteiger partial charge in [-0.25, -0.2) is 0 Å². The van der Waals surface area contributed by atoms with Crippen LogP contribution in [0.5, 0.6) is 0 Å². The van der Waals surface area contributed by atoms with Crippen molar-refractivity contribution in [1.82, 2.24) is 14.7 Å². The summed E-state index contributed by atoms with van der Waals surface area (Å²) in [6.07, 6.45) is 3.36. The summed E-state index contributed by atoms with van der Waals surface area (Å²) in [6, 6.07) is 1.95. The maximum atomic E-state index is 12.0. The number of hydrogen-bond acceptors (Lipinski definition) is 3. The highest BCUT2D eigenvalue weighted by Crippen LogP contribution is 2.15. The molecule has 1 atom stereocenters. The Hall–Kier alpha value is -1.36. The fourth-order valence-electron chi connectivity index (χ4n) is 2.12. The van der Waals surface area contributed by atoms with Gasteiger partial charge in [0.2, 0.25) is 0 Å². The molecule has 0 aromatic carbocycles. The van der Waals surface area contributed by atoms with Gasteiger partial charge in [-0.3, -0.25) is 9.48 Å². The van der Waals surface area contributed by atoms with E-state index < -0.39 is 0 Å². The topological polar surface area (TPSA) is 47.4 Å². The largest absolute Gasteiger partial charge is 0.368 e. The van der Waals surface area contributed by atoms with E-state index in [0.29, 0.717) is 13.2 Å². The monoisotopic (exact) mass is 237 g/mol. The molecule has 94 valence electrons. The van der Waals surface area contributed by atoms with Gasteiger partial charge in [0.1, 0.15) is 6.10 Å². The molecule has 1 fully saturated rings. The van der Waals surface area contributed by atoms with Gasteiger partial charge in [-0.2, -0.15) is 5.10 Å². The Bertz CT molecular complexity index is 383. The second-order valence-electron chi connectivity index (χ2n) is 4.33. The molecule has 0 spiro atoms. The molecule has 1 amide bonds. The number of rotatable bonds is 4. The molecule has 0 radical (unpaired) electrons. The van der Waals surface area contributed by atoms with Crippen LogP contribution in [0.3, 0.4) is 0 Å². The quantitative estimate of drug-likeness (QED) is 0.786. The molecule has 2 rings (SSSR count). The number of ether oxygens (including phenoxy) is 1. The standard InChI is InChI=1S/C12H19N3O2/c1-3-15-10(6-7-13-15)9-14(2)12(16)11-5-4-8-17-11/h6-7,11H,3-5,8-9H2,1-2H3. The van der Waals surface area contributed by atoms with Gasteiger partial charge >= 0.3 is 0 Å². The van der Waals surface area contributed by atoms with E-state index in [1.165, 1.54) is 0 Å². The minimum atomic E-state index is -0.238. The van der Waals surface area contributed by atoms with Crippen LogP contribution in [0.2, 0.25) is 0 Å². The van der Waals surface area contributed by atoms with E-state index in [4.69, 9.17) is 4.74 Å². The fourth-order valence-corrected chi connectivity index (χ4v) is 2.12. The van der Waals surface area contributed by atoms with E-state index in [1.54, 1.807) is 11.1 Å². The number of carbonyl (C=O) groups excluding carboxylic acids is 1. The van der Waals surface area contributed by atoms with Crippen molar-refractivity contribution in [3.63, 3.8) is 0 Å². The van der Waals surface area contributed by atoms with Crippen LogP contribution in [0.15, 0.2) is 12.3 Å². The minimum Gasteiger partial charge on any atom is -0.368 e. The predicted octanol–water partition coefficient (Wildman–Crippen LogP) is 1.04. The third-order valence-corrected chi connectivity index (χ3v) is 3.08. The molecule has 0 aliphatic carbocycles. The zero-order chi connectivity index (χ0) is 12.3. The van der Waals surface area contributed by atoms with Crippen LogP contribution in [0.25, 0.3) is 0 Å².